The molecule has 0 radical (unpaired) electrons. The van der Waals surface area contributed by atoms with E-state index in [-0.39, 0.29) is 22.8 Å². The maximum atomic E-state index is 12.3. The Labute approximate surface area is 143 Å². The Kier molecular flexibility index (Phi) is 4.10. The quantitative estimate of drug-likeness (QED) is 0.505. The molecule has 1 heterocycles. The molecule has 128 valence electrons. The third-order valence-corrected chi connectivity index (χ3v) is 4.17. The van der Waals surface area contributed by atoms with Gasteiger partial charge >= 0.3 is 0 Å². The normalized spacial score (nSPS) is 13.3. The van der Waals surface area contributed by atoms with Crippen LogP contribution in [0.15, 0.2) is 36.4 Å². The smallest absolute Gasteiger partial charge is 0.292 e. The zero-order valence-electron chi connectivity index (χ0n) is 13.5. The van der Waals surface area contributed by atoms with Crippen LogP contribution in [0, 0.1) is 10.1 Å². The molecule has 0 atom stereocenters. The molecule has 0 aliphatic carbocycles. The van der Waals surface area contributed by atoms with Gasteiger partial charge < -0.3 is 16.0 Å². The number of fused-ring (bicyclic) bond motifs is 1. The van der Waals surface area contributed by atoms with E-state index in [0.717, 1.165) is 17.3 Å². The number of rotatable bonds is 3. The second-order valence-corrected chi connectivity index (χ2v) is 5.78. The molecule has 3 N–H and O–H groups in total. The van der Waals surface area contributed by atoms with Crippen LogP contribution in [-0.2, 0) is 11.2 Å². The first-order valence-electron chi connectivity index (χ1n) is 7.61. The van der Waals surface area contributed by atoms with Gasteiger partial charge in [0.05, 0.1) is 4.92 Å². The summed E-state index contributed by atoms with van der Waals surface area (Å²) >= 11 is 0. The molecule has 0 aromatic heterocycles. The Hall–Kier alpha value is -3.42. The summed E-state index contributed by atoms with van der Waals surface area (Å²) in [5, 5.41) is 13.6. The molecular formula is C17H16N4O4. The van der Waals surface area contributed by atoms with E-state index >= 15 is 0 Å². The number of carbonyl (C=O) groups excluding carboxylic acids is 2. The second-order valence-electron chi connectivity index (χ2n) is 5.78. The second kappa shape index (κ2) is 6.23. The molecule has 8 heteroatoms. The molecule has 0 fully saturated rings. The molecule has 0 unspecified atom stereocenters. The number of nitrogens with zero attached hydrogens (tertiary/aromatic N) is 2. The number of hydrogen-bond acceptors (Lipinski definition) is 5. The first-order chi connectivity index (χ1) is 11.9. The van der Waals surface area contributed by atoms with Crippen molar-refractivity contribution < 1.29 is 14.5 Å². The molecule has 0 saturated carbocycles. The molecule has 8 nitrogen and oxygen atoms in total. The summed E-state index contributed by atoms with van der Waals surface area (Å²) in [7, 11) is 1.71. The lowest BCUT2D eigenvalue weighted by Gasteiger charge is -2.26. The van der Waals surface area contributed by atoms with Gasteiger partial charge in [0.25, 0.3) is 11.6 Å². The number of nitrogen functional groups attached to an aromatic ring is 1. The number of nitro groups is 1. The van der Waals surface area contributed by atoms with Gasteiger partial charge in [0.2, 0.25) is 5.91 Å². The van der Waals surface area contributed by atoms with Crippen molar-refractivity contribution in [2.75, 3.05) is 23.0 Å². The molecule has 1 aliphatic heterocycles. The summed E-state index contributed by atoms with van der Waals surface area (Å²) in [6.45, 7) is 0. The third kappa shape index (κ3) is 3.14. The highest BCUT2D eigenvalue weighted by Gasteiger charge is 2.21. The van der Waals surface area contributed by atoms with Gasteiger partial charge in [-0.3, -0.25) is 19.7 Å². The lowest BCUT2D eigenvalue weighted by Crippen LogP contribution is -2.31. The van der Waals surface area contributed by atoms with Crippen molar-refractivity contribution in [1.82, 2.24) is 0 Å². The number of carbonyl (C=O) groups is 2. The van der Waals surface area contributed by atoms with Crippen molar-refractivity contribution in [2.45, 2.75) is 12.8 Å². The zero-order chi connectivity index (χ0) is 18.1. The maximum absolute atomic E-state index is 12.3. The average Bonchev–Trinajstić information content (AvgIpc) is 2.58. The zero-order valence-corrected chi connectivity index (χ0v) is 13.5. The topological polar surface area (TPSA) is 119 Å². The van der Waals surface area contributed by atoms with Gasteiger partial charge in [0.1, 0.15) is 5.69 Å². The summed E-state index contributed by atoms with van der Waals surface area (Å²) in [5.74, 6) is -0.415. The van der Waals surface area contributed by atoms with Crippen molar-refractivity contribution >= 4 is 34.6 Å². The van der Waals surface area contributed by atoms with Crippen LogP contribution >= 0.6 is 0 Å². The van der Waals surface area contributed by atoms with Crippen molar-refractivity contribution in [1.29, 1.82) is 0 Å². The van der Waals surface area contributed by atoms with Crippen molar-refractivity contribution in [3.63, 3.8) is 0 Å². The van der Waals surface area contributed by atoms with Crippen molar-refractivity contribution in [3.8, 4) is 0 Å². The van der Waals surface area contributed by atoms with E-state index in [1.165, 1.54) is 12.1 Å². The summed E-state index contributed by atoms with van der Waals surface area (Å²) < 4.78 is 0. The Balaban J connectivity index is 1.83. The lowest BCUT2D eigenvalue weighted by molar-refractivity contribution is -0.383. The van der Waals surface area contributed by atoms with Crippen LogP contribution in [0.5, 0.6) is 0 Å². The van der Waals surface area contributed by atoms with Gasteiger partial charge in [0, 0.05) is 36.5 Å². The third-order valence-electron chi connectivity index (χ3n) is 4.17. The Bertz CT molecular complexity index is 894. The number of aryl methyl sites for hydroxylation is 1. The predicted octanol–water partition coefficient (Wildman–Crippen LogP) is 2.34. The standard InChI is InChI=1S/C17H16N4O4/c1-20-14-6-4-12(8-10(14)3-7-16(20)22)19-17(23)11-2-5-13(18)15(9-11)21(24)25/h2,4-6,8-9H,3,7,18H2,1H3,(H,19,23). The Morgan fingerprint density at radius 1 is 1.24 bits per heavy atom. The van der Waals surface area contributed by atoms with Gasteiger partial charge in [-0.15, -0.1) is 0 Å². The van der Waals surface area contributed by atoms with Crippen LogP contribution in [0.3, 0.4) is 0 Å². The summed E-state index contributed by atoms with van der Waals surface area (Å²) in [6, 6.07) is 9.19. The molecular weight excluding hydrogens is 324 g/mol. The molecule has 2 aromatic rings. The lowest BCUT2D eigenvalue weighted by atomic mass is 10.0. The fourth-order valence-electron chi connectivity index (χ4n) is 2.78. The minimum absolute atomic E-state index is 0.00281. The molecule has 0 saturated heterocycles. The number of nitro benzene ring substituents is 1. The van der Waals surface area contributed by atoms with E-state index in [4.69, 9.17) is 5.73 Å². The maximum Gasteiger partial charge on any atom is 0.292 e. The molecule has 2 amide bonds. The van der Waals surface area contributed by atoms with Crippen molar-refractivity contribution in [2.24, 2.45) is 0 Å². The number of nitrogens with one attached hydrogen (secondary N) is 1. The van der Waals surface area contributed by atoms with Crippen LogP contribution in [0.2, 0.25) is 0 Å². The van der Waals surface area contributed by atoms with Crippen LogP contribution < -0.4 is 16.0 Å². The highest BCUT2D eigenvalue weighted by molar-refractivity contribution is 6.05. The van der Waals surface area contributed by atoms with Crippen molar-refractivity contribution in [3.05, 3.63) is 57.6 Å². The van der Waals surface area contributed by atoms with Crippen LogP contribution in [-0.4, -0.2) is 23.8 Å². The largest absolute Gasteiger partial charge is 0.393 e. The first kappa shape index (κ1) is 16.4. The van der Waals surface area contributed by atoms with Gasteiger partial charge in [0.15, 0.2) is 0 Å². The molecule has 0 spiro atoms. The summed E-state index contributed by atoms with van der Waals surface area (Å²) in [6.07, 6.45) is 1.03. The van der Waals surface area contributed by atoms with Gasteiger partial charge in [-0.25, -0.2) is 0 Å². The highest BCUT2D eigenvalue weighted by Crippen LogP contribution is 2.29. The van der Waals surface area contributed by atoms with E-state index in [2.05, 4.69) is 5.32 Å². The Morgan fingerprint density at radius 2 is 2.00 bits per heavy atom. The van der Waals surface area contributed by atoms with Crippen LogP contribution in [0.25, 0.3) is 0 Å². The number of benzene rings is 2. The Morgan fingerprint density at radius 3 is 2.72 bits per heavy atom. The first-order valence-corrected chi connectivity index (χ1v) is 7.61. The molecule has 3 rings (SSSR count). The van der Waals surface area contributed by atoms with Gasteiger partial charge in [-0.1, -0.05) is 0 Å². The summed E-state index contributed by atoms with van der Waals surface area (Å²) in [4.78, 5) is 36.0. The number of nitrogens with two attached hydrogens (primary N) is 1. The van der Waals surface area contributed by atoms with E-state index < -0.39 is 10.8 Å². The fourth-order valence-corrected chi connectivity index (χ4v) is 2.78. The van der Waals surface area contributed by atoms with Crippen LogP contribution in [0.1, 0.15) is 22.3 Å². The van der Waals surface area contributed by atoms with Crippen LogP contribution in [0.4, 0.5) is 22.7 Å². The summed E-state index contributed by atoms with van der Waals surface area (Å²) in [5.41, 5.74) is 7.72. The molecule has 25 heavy (non-hydrogen) atoms. The van der Waals surface area contributed by atoms with E-state index in [9.17, 15) is 19.7 Å². The number of hydrogen-bond donors (Lipinski definition) is 2. The van der Waals surface area contributed by atoms with E-state index in [1.54, 1.807) is 24.1 Å². The molecule has 0 bridgehead atoms. The average molecular weight is 340 g/mol. The van der Waals surface area contributed by atoms with E-state index in [1.807, 2.05) is 6.07 Å². The fraction of sp³-hybridized carbons (Fsp3) is 0.176. The minimum atomic E-state index is -0.627. The minimum Gasteiger partial charge on any atom is -0.393 e. The highest BCUT2D eigenvalue weighted by atomic mass is 16.6. The van der Waals surface area contributed by atoms with Gasteiger partial charge in [-0.05, 0) is 42.3 Å². The molecule has 2 aromatic carbocycles. The monoisotopic (exact) mass is 340 g/mol. The van der Waals surface area contributed by atoms with Gasteiger partial charge in [-0.2, -0.15) is 0 Å². The SMILES string of the molecule is CN1C(=O)CCc2cc(NC(=O)c3ccc(N)c([N+](=O)[O-])c3)ccc21. The molecule has 1 aliphatic rings. The number of anilines is 3. The predicted molar refractivity (Wildman–Crippen MR) is 93.6 cm³/mol. The van der Waals surface area contributed by atoms with E-state index in [0.29, 0.717) is 18.5 Å². The number of amides is 2.